The Morgan fingerprint density at radius 3 is 2.62 bits per heavy atom. The maximum Gasteiger partial charge on any atom is 0.411 e. The van der Waals surface area contributed by atoms with Crippen LogP contribution in [-0.2, 0) is 16.1 Å². The summed E-state index contributed by atoms with van der Waals surface area (Å²) < 4.78 is 24.8. The van der Waals surface area contributed by atoms with Crippen LogP contribution in [-0.4, -0.2) is 19.3 Å². The van der Waals surface area contributed by atoms with Crippen molar-refractivity contribution in [3.63, 3.8) is 0 Å². The largest absolute Gasteiger partial charge is 0.444 e. The molecule has 3 atom stereocenters. The number of amides is 1. The molecule has 1 saturated heterocycles. The second-order valence-electron chi connectivity index (χ2n) is 6.31. The fraction of sp³-hybridized carbons (Fsp3) is 0.316. The van der Waals surface area contributed by atoms with Gasteiger partial charge in [-0.2, -0.15) is 0 Å². The molecule has 1 aliphatic heterocycles. The van der Waals surface area contributed by atoms with Gasteiger partial charge in [0.15, 0.2) is 0 Å². The van der Waals surface area contributed by atoms with Crippen LogP contribution in [0.2, 0.25) is 0 Å². The fourth-order valence-electron chi connectivity index (χ4n) is 3.45. The van der Waals surface area contributed by atoms with Crippen LogP contribution in [0.5, 0.6) is 0 Å². The molecule has 0 spiro atoms. The molecule has 1 N–H and O–H groups in total. The van der Waals surface area contributed by atoms with Crippen LogP contribution < -0.4 is 5.32 Å². The van der Waals surface area contributed by atoms with Crippen molar-refractivity contribution in [2.45, 2.75) is 12.5 Å². The Kier molecular flexibility index (Phi) is 3.94. The van der Waals surface area contributed by atoms with E-state index in [9.17, 15) is 9.18 Å². The Labute approximate surface area is 139 Å². The van der Waals surface area contributed by atoms with E-state index >= 15 is 0 Å². The third-order valence-corrected chi connectivity index (χ3v) is 4.77. The molecule has 4 nitrogen and oxygen atoms in total. The van der Waals surface area contributed by atoms with Crippen molar-refractivity contribution in [3.05, 3.63) is 65.5 Å². The number of carbonyl (C=O) groups excluding carboxylic acids is 1. The zero-order valence-corrected chi connectivity index (χ0v) is 13.1. The first kappa shape index (κ1) is 15.1. The number of carbonyl (C=O) groups is 1. The lowest BCUT2D eigenvalue weighted by Gasteiger charge is -2.10. The summed E-state index contributed by atoms with van der Waals surface area (Å²) in [5.41, 5.74) is 2.02. The van der Waals surface area contributed by atoms with Crippen molar-refractivity contribution in [2.75, 3.05) is 18.5 Å². The number of nitrogens with one attached hydrogen (secondary N) is 1. The van der Waals surface area contributed by atoms with Gasteiger partial charge in [-0.05, 0) is 41.0 Å². The van der Waals surface area contributed by atoms with Crippen molar-refractivity contribution < 1.29 is 18.7 Å². The Bertz CT molecular complexity index is 740. The van der Waals surface area contributed by atoms with Crippen molar-refractivity contribution in [1.29, 1.82) is 0 Å². The molecular weight excluding hydrogens is 309 g/mol. The zero-order valence-electron chi connectivity index (χ0n) is 13.1. The Hall–Kier alpha value is -2.40. The molecule has 2 aliphatic rings. The molecule has 1 amide bonds. The molecule has 2 aromatic carbocycles. The monoisotopic (exact) mass is 327 g/mol. The van der Waals surface area contributed by atoms with Crippen LogP contribution in [0.1, 0.15) is 17.0 Å². The summed E-state index contributed by atoms with van der Waals surface area (Å²) in [6, 6.07) is 14.2. The summed E-state index contributed by atoms with van der Waals surface area (Å²) in [6.07, 6.45) is -0.595. The lowest BCUT2D eigenvalue weighted by Crippen LogP contribution is -2.13. The first-order chi connectivity index (χ1) is 11.7. The van der Waals surface area contributed by atoms with E-state index in [1.165, 1.54) is 6.07 Å². The minimum atomic E-state index is -0.595. The first-order valence-electron chi connectivity index (χ1n) is 8.07. The zero-order chi connectivity index (χ0) is 16.5. The van der Waals surface area contributed by atoms with Crippen LogP contribution in [0, 0.1) is 17.7 Å². The average Bonchev–Trinajstić information content (AvgIpc) is 3.05. The molecule has 2 fully saturated rings. The lowest BCUT2D eigenvalue weighted by molar-refractivity contribution is 0.155. The number of ether oxygens (including phenoxy) is 2. The van der Waals surface area contributed by atoms with E-state index < -0.39 is 6.09 Å². The smallest absolute Gasteiger partial charge is 0.411 e. The van der Waals surface area contributed by atoms with Gasteiger partial charge in [0.2, 0.25) is 0 Å². The summed E-state index contributed by atoms with van der Waals surface area (Å²) >= 11 is 0. The van der Waals surface area contributed by atoms with Crippen molar-refractivity contribution in [2.24, 2.45) is 11.8 Å². The number of anilines is 1. The number of benzene rings is 2. The summed E-state index contributed by atoms with van der Waals surface area (Å²) in [5.74, 6) is 0.886. The third kappa shape index (κ3) is 2.99. The molecule has 24 heavy (non-hydrogen) atoms. The highest BCUT2D eigenvalue weighted by molar-refractivity contribution is 5.84. The molecule has 1 heterocycles. The predicted octanol–water partition coefficient (Wildman–Crippen LogP) is 3.93. The quantitative estimate of drug-likeness (QED) is 0.925. The van der Waals surface area contributed by atoms with Gasteiger partial charge in [0, 0.05) is 5.69 Å². The molecule has 0 radical (unpaired) electrons. The maximum absolute atomic E-state index is 14.3. The lowest BCUT2D eigenvalue weighted by atomic mass is 10.1. The minimum Gasteiger partial charge on any atom is -0.444 e. The Morgan fingerprint density at radius 1 is 1.17 bits per heavy atom. The van der Waals surface area contributed by atoms with Crippen molar-refractivity contribution in [3.8, 4) is 0 Å². The van der Waals surface area contributed by atoms with Crippen LogP contribution in [0.25, 0.3) is 0 Å². The second-order valence-corrected chi connectivity index (χ2v) is 6.31. The van der Waals surface area contributed by atoms with Gasteiger partial charge in [-0.3, -0.25) is 5.32 Å². The molecule has 124 valence electrons. The maximum atomic E-state index is 14.3. The molecule has 0 bridgehead atoms. The second kappa shape index (κ2) is 6.24. The summed E-state index contributed by atoms with van der Waals surface area (Å²) in [7, 11) is 0. The van der Waals surface area contributed by atoms with Gasteiger partial charge in [-0.15, -0.1) is 0 Å². The van der Waals surface area contributed by atoms with E-state index in [1.54, 1.807) is 12.1 Å². The first-order valence-corrected chi connectivity index (χ1v) is 8.07. The highest BCUT2D eigenvalue weighted by Gasteiger charge is 2.55. The molecule has 1 unspecified atom stereocenters. The average molecular weight is 327 g/mol. The van der Waals surface area contributed by atoms with E-state index in [0.29, 0.717) is 17.5 Å². The van der Waals surface area contributed by atoms with Gasteiger partial charge in [0.25, 0.3) is 0 Å². The van der Waals surface area contributed by atoms with Gasteiger partial charge in [0.1, 0.15) is 12.4 Å². The number of hydrogen-bond acceptors (Lipinski definition) is 3. The molecule has 1 saturated carbocycles. The number of halogens is 1. The molecule has 0 aromatic heterocycles. The number of hydrogen-bond donors (Lipinski definition) is 1. The summed E-state index contributed by atoms with van der Waals surface area (Å²) in [6.45, 7) is 1.62. The minimum absolute atomic E-state index is 0.179. The number of fused-ring (bicyclic) bond motifs is 1. The van der Waals surface area contributed by atoms with Crippen LogP contribution >= 0.6 is 0 Å². The van der Waals surface area contributed by atoms with Crippen LogP contribution in [0.3, 0.4) is 0 Å². The molecular formula is C19H18FNO3. The van der Waals surface area contributed by atoms with Crippen molar-refractivity contribution in [1.82, 2.24) is 0 Å². The van der Waals surface area contributed by atoms with E-state index in [1.807, 2.05) is 30.3 Å². The highest BCUT2D eigenvalue weighted by Crippen LogP contribution is 2.57. The van der Waals surface area contributed by atoms with Gasteiger partial charge >= 0.3 is 6.09 Å². The highest BCUT2D eigenvalue weighted by atomic mass is 19.1. The molecule has 2 aromatic rings. The van der Waals surface area contributed by atoms with E-state index in [2.05, 4.69) is 5.32 Å². The third-order valence-electron chi connectivity index (χ3n) is 4.77. The predicted molar refractivity (Wildman–Crippen MR) is 87.2 cm³/mol. The standard InChI is InChI=1S/C19H18FNO3/c20-17-8-13(6-7-14(17)18-15-10-23-11-16(15)18)21-19(22)24-9-12-4-2-1-3-5-12/h1-8,15-16,18H,9-11H2,(H,21,22)/t15-,16+,18?. The molecule has 4 rings (SSSR count). The molecule has 5 heteroatoms. The summed E-state index contributed by atoms with van der Waals surface area (Å²) in [5, 5.41) is 2.56. The van der Waals surface area contributed by atoms with Gasteiger partial charge in [-0.25, -0.2) is 9.18 Å². The van der Waals surface area contributed by atoms with E-state index in [0.717, 1.165) is 24.3 Å². The SMILES string of the molecule is O=C(Nc1ccc(C2[C@H]3COC[C@@H]23)c(F)c1)OCc1ccccc1. The van der Waals surface area contributed by atoms with Crippen LogP contribution in [0.4, 0.5) is 14.9 Å². The Morgan fingerprint density at radius 2 is 1.92 bits per heavy atom. The van der Waals surface area contributed by atoms with Crippen LogP contribution in [0.15, 0.2) is 48.5 Å². The van der Waals surface area contributed by atoms with E-state index in [4.69, 9.17) is 9.47 Å². The van der Waals surface area contributed by atoms with Gasteiger partial charge in [0.05, 0.1) is 13.2 Å². The van der Waals surface area contributed by atoms with Gasteiger partial charge < -0.3 is 9.47 Å². The Balaban J connectivity index is 1.35. The van der Waals surface area contributed by atoms with Gasteiger partial charge in [-0.1, -0.05) is 36.4 Å². The summed E-state index contributed by atoms with van der Waals surface area (Å²) in [4.78, 5) is 11.8. The normalized spacial score (nSPS) is 24.3. The fourth-order valence-corrected chi connectivity index (χ4v) is 3.45. The van der Waals surface area contributed by atoms with Crippen molar-refractivity contribution >= 4 is 11.8 Å². The number of rotatable bonds is 4. The van der Waals surface area contributed by atoms with E-state index in [-0.39, 0.29) is 18.3 Å². The molecule has 1 aliphatic carbocycles. The topological polar surface area (TPSA) is 47.6 Å².